The van der Waals surface area contributed by atoms with Crippen LogP contribution in [-0.2, 0) is 21.2 Å². The Hall–Kier alpha value is -2.78. The summed E-state index contributed by atoms with van der Waals surface area (Å²) in [5.74, 6) is 1.26. The second-order valence-corrected chi connectivity index (χ2v) is 8.35. The maximum absolute atomic E-state index is 12.9. The standard InChI is InChI=1S/C20H26N2O6S/c1-14(23)21-17-13-16(7-9-18(17)26-3)29(24,25)22(2)11-10-15-6-8-19(27-4)20(12-15)28-5/h6-9,12-13H,10-11H2,1-5H3,(H,21,23). The molecule has 2 rings (SSSR count). The van der Waals surface area contributed by atoms with Crippen molar-refractivity contribution in [2.24, 2.45) is 0 Å². The van der Waals surface area contributed by atoms with Crippen LogP contribution in [0.1, 0.15) is 12.5 Å². The smallest absolute Gasteiger partial charge is 0.242 e. The van der Waals surface area contributed by atoms with Gasteiger partial charge < -0.3 is 19.5 Å². The molecule has 0 aliphatic heterocycles. The summed E-state index contributed by atoms with van der Waals surface area (Å²) in [5.41, 5.74) is 1.22. The van der Waals surface area contributed by atoms with E-state index in [2.05, 4.69) is 5.32 Å². The molecule has 158 valence electrons. The molecule has 0 saturated carbocycles. The molecule has 8 nitrogen and oxygen atoms in total. The Balaban J connectivity index is 2.20. The summed E-state index contributed by atoms with van der Waals surface area (Å²) in [4.78, 5) is 11.5. The summed E-state index contributed by atoms with van der Waals surface area (Å²) in [5, 5.41) is 2.58. The molecule has 0 aliphatic rings. The quantitative estimate of drug-likeness (QED) is 0.667. The van der Waals surface area contributed by atoms with Gasteiger partial charge >= 0.3 is 0 Å². The highest BCUT2D eigenvalue weighted by molar-refractivity contribution is 7.89. The Kier molecular flexibility index (Phi) is 7.46. The zero-order chi connectivity index (χ0) is 21.6. The first kappa shape index (κ1) is 22.5. The van der Waals surface area contributed by atoms with Crippen molar-refractivity contribution in [3.63, 3.8) is 0 Å². The van der Waals surface area contributed by atoms with Gasteiger partial charge in [0.05, 0.1) is 31.9 Å². The number of anilines is 1. The Morgan fingerprint density at radius 3 is 2.17 bits per heavy atom. The minimum atomic E-state index is -3.75. The van der Waals surface area contributed by atoms with Gasteiger partial charge in [-0.05, 0) is 42.3 Å². The first-order valence-corrected chi connectivity index (χ1v) is 10.3. The van der Waals surface area contributed by atoms with Crippen LogP contribution in [-0.4, -0.2) is 53.6 Å². The number of benzene rings is 2. The summed E-state index contributed by atoms with van der Waals surface area (Å²) in [6, 6.07) is 9.83. The third kappa shape index (κ3) is 5.39. The Labute approximate surface area is 171 Å². The lowest BCUT2D eigenvalue weighted by Gasteiger charge is -2.19. The van der Waals surface area contributed by atoms with Crippen molar-refractivity contribution in [3.8, 4) is 17.2 Å². The topological polar surface area (TPSA) is 94.2 Å². The monoisotopic (exact) mass is 422 g/mol. The minimum absolute atomic E-state index is 0.0665. The molecular formula is C20H26N2O6S. The van der Waals surface area contributed by atoms with Gasteiger partial charge in [0, 0.05) is 20.5 Å². The van der Waals surface area contributed by atoms with E-state index in [0.29, 0.717) is 29.4 Å². The van der Waals surface area contributed by atoms with Crippen LogP contribution in [0.3, 0.4) is 0 Å². The number of nitrogens with zero attached hydrogens (tertiary/aromatic N) is 1. The van der Waals surface area contributed by atoms with Crippen molar-refractivity contribution in [2.45, 2.75) is 18.2 Å². The molecule has 0 unspecified atom stereocenters. The van der Waals surface area contributed by atoms with Crippen LogP contribution in [0.15, 0.2) is 41.3 Å². The van der Waals surface area contributed by atoms with Crippen molar-refractivity contribution in [1.29, 1.82) is 0 Å². The lowest BCUT2D eigenvalue weighted by Crippen LogP contribution is -2.29. The van der Waals surface area contributed by atoms with Crippen molar-refractivity contribution in [2.75, 3.05) is 40.2 Å². The first-order valence-electron chi connectivity index (χ1n) is 8.85. The van der Waals surface area contributed by atoms with Gasteiger partial charge in [-0.2, -0.15) is 0 Å². The van der Waals surface area contributed by atoms with Crippen molar-refractivity contribution < 1.29 is 27.4 Å². The second-order valence-electron chi connectivity index (χ2n) is 6.31. The summed E-state index contributed by atoms with van der Waals surface area (Å²) >= 11 is 0. The molecule has 1 amide bonds. The molecule has 1 N–H and O–H groups in total. The average molecular weight is 423 g/mol. The number of rotatable bonds is 9. The maximum Gasteiger partial charge on any atom is 0.242 e. The molecule has 2 aromatic rings. The summed E-state index contributed by atoms with van der Waals surface area (Å²) in [6.07, 6.45) is 0.491. The molecule has 0 fully saturated rings. The molecular weight excluding hydrogens is 396 g/mol. The third-order valence-electron chi connectivity index (χ3n) is 4.35. The van der Waals surface area contributed by atoms with E-state index < -0.39 is 10.0 Å². The molecule has 0 heterocycles. The number of nitrogens with one attached hydrogen (secondary N) is 1. The maximum atomic E-state index is 12.9. The van der Waals surface area contributed by atoms with E-state index in [1.165, 1.54) is 43.6 Å². The van der Waals surface area contributed by atoms with E-state index in [1.807, 2.05) is 12.1 Å². The molecule has 2 aromatic carbocycles. The number of sulfonamides is 1. The molecule has 0 aliphatic carbocycles. The predicted octanol–water partition coefficient (Wildman–Crippen LogP) is 2.53. The molecule has 0 spiro atoms. The number of hydrogen-bond acceptors (Lipinski definition) is 6. The van der Waals surface area contributed by atoms with Gasteiger partial charge in [0.2, 0.25) is 15.9 Å². The molecule has 29 heavy (non-hydrogen) atoms. The van der Waals surface area contributed by atoms with Crippen LogP contribution in [0.2, 0.25) is 0 Å². The van der Waals surface area contributed by atoms with Crippen LogP contribution >= 0.6 is 0 Å². The van der Waals surface area contributed by atoms with E-state index in [0.717, 1.165) is 5.56 Å². The van der Waals surface area contributed by atoms with Crippen molar-refractivity contribution >= 4 is 21.6 Å². The van der Waals surface area contributed by atoms with Crippen LogP contribution in [0, 0.1) is 0 Å². The summed E-state index contributed by atoms with van der Waals surface area (Å²) < 4.78 is 42.8. The molecule has 0 bridgehead atoms. The third-order valence-corrected chi connectivity index (χ3v) is 6.21. The van der Waals surface area contributed by atoms with E-state index in [1.54, 1.807) is 20.3 Å². The summed E-state index contributed by atoms with van der Waals surface area (Å²) in [7, 11) is 2.32. The first-order chi connectivity index (χ1) is 13.7. The zero-order valence-corrected chi connectivity index (χ0v) is 18.0. The van der Waals surface area contributed by atoms with Gasteiger partial charge in [0.15, 0.2) is 11.5 Å². The van der Waals surface area contributed by atoms with Crippen LogP contribution in [0.4, 0.5) is 5.69 Å². The molecule has 0 aromatic heterocycles. The normalized spacial score (nSPS) is 11.2. The van der Waals surface area contributed by atoms with Gasteiger partial charge in [-0.25, -0.2) is 12.7 Å². The Morgan fingerprint density at radius 1 is 0.966 bits per heavy atom. The number of ether oxygens (including phenoxy) is 3. The molecule has 9 heteroatoms. The van der Waals surface area contributed by atoms with Gasteiger partial charge in [0.25, 0.3) is 0 Å². The molecule has 0 saturated heterocycles. The zero-order valence-electron chi connectivity index (χ0n) is 17.2. The van der Waals surface area contributed by atoms with Crippen molar-refractivity contribution in [3.05, 3.63) is 42.0 Å². The fourth-order valence-electron chi connectivity index (χ4n) is 2.76. The largest absolute Gasteiger partial charge is 0.495 e. The van der Waals surface area contributed by atoms with E-state index in [4.69, 9.17) is 14.2 Å². The minimum Gasteiger partial charge on any atom is -0.495 e. The van der Waals surface area contributed by atoms with Gasteiger partial charge in [0.1, 0.15) is 5.75 Å². The van der Waals surface area contributed by atoms with E-state index >= 15 is 0 Å². The number of amides is 1. The number of likely N-dealkylation sites (N-methyl/N-ethyl adjacent to an activating group) is 1. The van der Waals surface area contributed by atoms with Gasteiger partial charge in [-0.15, -0.1) is 0 Å². The van der Waals surface area contributed by atoms with Crippen LogP contribution < -0.4 is 19.5 Å². The highest BCUT2D eigenvalue weighted by Crippen LogP contribution is 2.30. The number of hydrogen-bond donors (Lipinski definition) is 1. The molecule has 0 atom stereocenters. The van der Waals surface area contributed by atoms with Crippen molar-refractivity contribution in [1.82, 2.24) is 4.31 Å². The average Bonchev–Trinajstić information content (AvgIpc) is 2.71. The lowest BCUT2D eigenvalue weighted by molar-refractivity contribution is -0.114. The summed E-state index contributed by atoms with van der Waals surface area (Å²) in [6.45, 7) is 1.61. The van der Waals surface area contributed by atoms with E-state index in [-0.39, 0.29) is 17.3 Å². The van der Waals surface area contributed by atoms with Gasteiger partial charge in [-0.3, -0.25) is 4.79 Å². The highest BCUT2D eigenvalue weighted by atomic mass is 32.2. The van der Waals surface area contributed by atoms with Crippen LogP contribution in [0.5, 0.6) is 17.2 Å². The SMILES string of the molecule is COc1ccc(S(=O)(=O)N(C)CCc2ccc(OC)c(OC)c2)cc1NC(C)=O. The fourth-order valence-corrected chi connectivity index (χ4v) is 3.96. The van der Waals surface area contributed by atoms with Crippen LogP contribution in [0.25, 0.3) is 0 Å². The second kappa shape index (κ2) is 9.62. The Bertz CT molecular complexity index is 975. The number of carbonyl (C=O) groups excluding carboxylic acids is 1. The number of carbonyl (C=O) groups is 1. The lowest BCUT2D eigenvalue weighted by atomic mass is 10.1. The Morgan fingerprint density at radius 2 is 1.59 bits per heavy atom. The van der Waals surface area contributed by atoms with E-state index in [9.17, 15) is 13.2 Å². The fraction of sp³-hybridized carbons (Fsp3) is 0.350. The highest BCUT2D eigenvalue weighted by Gasteiger charge is 2.22. The molecule has 0 radical (unpaired) electrons. The predicted molar refractivity (Wildman–Crippen MR) is 110 cm³/mol. The van der Waals surface area contributed by atoms with Gasteiger partial charge in [-0.1, -0.05) is 6.07 Å². The number of methoxy groups -OCH3 is 3.